The highest BCUT2D eigenvalue weighted by atomic mass is 14.9. The fourth-order valence-corrected chi connectivity index (χ4v) is 5.76. The van der Waals surface area contributed by atoms with Gasteiger partial charge in [0.2, 0.25) is 0 Å². The van der Waals surface area contributed by atoms with E-state index in [4.69, 9.17) is 5.32 Å². The molecule has 33 heavy (non-hydrogen) atoms. The van der Waals surface area contributed by atoms with E-state index in [1.54, 1.807) is 0 Å². The van der Waals surface area contributed by atoms with Crippen LogP contribution in [0, 0.1) is 0 Å². The molecule has 1 radical (unpaired) electrons. The molecule has 0 amide bonds. The van der Waals surface area contributed by atoms with Gasteiger partial charge in [0.1, 0.15) is 0 Å². The van der Waals surface area contributed by atoms with Crippen molar-refractivity contribution in [1.82, 2.24) is 5.32 Å². The third-order valence-electron chi connectivity index (χ3n) is 7.25. The lowest BCUT2D eigenvalue weighted by atomic mass is 9.92. The van der Waals surface area contributed by atoms with Crippen molar-refractivity contribution in [1.29, 1.82) is 0 Å². The summed E-state index contributed by atoms with van der Waals surface area (Å²) >= 11 is 0. The highest BCUT2D eigenvalue weighted by Gasteiger charge is 2.15. The molecule has 1 heteroatoms. The van der Waals surface area contributed by atoms with Crippen molar-refractivity contribution in [3.05, 3.63) is 109 Å². The summed E-state index contributed by atoms with van der Waals surface area (Å²) in [6.07, 6.45) is 0. The molecule has 0 aromatic heterocycles. The van der Waals surface area contributed by atoms with Gasteiger partial charge >= 0.3 is 0 Å². The van der Waals surface area contributed by atoms with Crippen molar-refractivity contribution in [3.63, 3.8) is 0 Å². The number of hydrogen-bond donors (Lipinski definition) is 0. The van der Waals surface area contributed by atoms with Gasteiger partial charge < -0.3 is 0 Å². The lowest BCUT2D eigenvalue weighted by Gasteiger charge is -2.16. The predicted molar refractivity (Wildman–Crippen MR) is 142 cm³/mol. The van der Waals surface area contributed by atoms with E-state index in [1.807, 2.05) is 0 Å². The standard InChI is InChI=1S/C32H18N/c1-3-19-7-9-23-13-17-27(25-15-11-21(5-1)29(19)31(23)25)33-28-18-14-24-10-8-20-4-2-6-22-12-16-26(28)32(24)30(20)22/h1-18H. The highest BCUT2D eigenvalue weighted by molar-refractivity contribution is 6.26. The first-order valence-electron chi connectivity index (χ1n) is 11.4. The van der Waals surface area contributed by atoms with Gasteiger partial charge in [-0.2, -0.15) is 0 Å². The Morgan fingerprint density at radius 2 is 0.636 bits per heavy atom. The van der Waals surface area contributed by atoms with Gasteiger partial charge in [-0.3, -0.25) is 0 Å². The van der Waals surface area contributed by atoms with Crippen LogP contribution in [0.2, 0.25) is 0 Å². The molecule has 0 fully saturated rings. The van der Waals surface area contributed by atoms with Gasteiger partial charge in [-0.25, -0.2) is 5.32 Å². The average molecular weight is 417 g/mol. The van der Waals surface area contributed by atoms with Gasteiger partial charge in [-0.15, -0.1) is 0 Å². The van der Waals surface area contributed by atoms with Crippen LogP contribution in [0.25, 0.3) is 64.6 Å². The van der Waals surface area contributed by atoms with Crippen LogP contribution in [0.4, 0.5) is 11.4 Å². The largest absolute Gasteiger partial charge is 0.248 e. The fourth-order valence-electron chi connectivity index (χ4n) is 5.76. The molecular weight excluding hydrogens is 398 g/mol. The molecule has 0 aliphatic carbocycles. The minimum Gasteiger partial charge on any atom is -0.248 e. The van der Waals surface area contributed by atoms with Crippen LogP contribution >= 0.6 is 0 Å². The molecule has 0 bridgehead atoms. The van der Waals surface area contributed by atoms with Crippen LogP contribution in [-0.2, 0) is 0 Å². The number of rotatable bonds is 2. The summed E-state index contributed by atoms with van der Waals surface area (Å²) in [4.78, 5) is 0. The minimum atomic E-state index is 1.02. The molecule has 8 rings (SSSR count). The van der Waals surface area contributed by atoms with Gasteiger partial charge in [0, 0.05) is 10.8 Å². The zero-order chi connectivity index (χ0) is 21.5. The molecule has 1 nitrogen and oxygen atoms in total. The zero-order valence-electron chi connectivity index (χ0n) is 17.8. The van der Waals surface area contributed by atoms with Crippen LogP contribution < -0.4 is 5.32 Å². The smallest absolute Gasteiger partial charge is 0.0716 e. The summed E-state index contributed by atoms with van der Waals surface area (Å²) in [5, 5.41) is 20.6. The monoisotopic (exact) mass is 416 g/mol. The van der Waals surface area contributed by atoms with E-state index in [1.165, 1.54) is 64.6 Å². The Morgan fingerprint density at radius 1 is 0.303 bits per heavy atom. The number of hydrogen-bond acceptors (Lipinski definition) is 0. The van der Waals surface area contributed by atoms with E-state index >= 15 is 0 Å². The van der Waals surface area contributed by atoms with Crippen molar-refractivity contribution in [2.75, 3.05) is 0 Å². The Hall–Kier alpha value is -4.36. The molecule has 8 aromatic carbocycles. The Balaban J connectivity index is 1.41. The molecule has 0 aliphatic rings. The zero-order valence-corrected chi connectivity index (χ0v) is 17.8. The maximum atomic E-state index is 5.25. The molecule has 8 aromatic rings. The van der Waals surface area contributed by atoms with Crippen LogP contribution in [0.15, 0.2) is 109 Å². The summed E-state index contributed by atoms with van der Waals surface area (Å²) < 4.78 is 0. The second kappa shape index (κ2) is 6.11. The molecule has 0 heterocycles. The maximum Gasteiger partial charge on any atom is 0.0716 e. The predicted octanol–water partition coefficient (Wildman–Crippen LogP) is 9.05. The third-order valence-corrected chi connectivity index (χ3v) is 7.25. The van der Waals surface area contributed by atoms with Crippen molar-refractivity contribution in [3.8, 4) is 0 Å². The first kappa shape index (κ1) is 17.2. The molecule has 0 N–H and O–H groups in total. The molecular formula is C32H18N. The lowest BCUT2D eigenvalue weighted by molar-refractivity contribution is 1.22. The summed E-state index contributed by atoms with van der Waals surface area (Å²) in [7, 11) is 0. The van der Waals surface area contributed by atoms with Gasteiger partial charge in [0.25, 0.3) is 0 Å². The second-order valence-corrected chi connectivity index (χ2v) is 8.99. The average Bonchev–Trinajstić information content (AvgIpc) is 2.87. The summed E-state index contributed by atoms with van der Waals surface area (Å²) in [6.45, 7) is 0. The SMILES string of the molecule is c1cc2ccc3ccc([N]c4ccc5ccc6cccc7ccc4c5c67)c4ccc(c1)c2c34. The molecule has 0 saturated carbocycles. The molecule has 0 aliphatic heterocycles. The lowest BCUT2D eigenvalue weighted by Crippen LogP contribution is -1.94. The molecule has 151 valence electrons. The van der Waals surface area contributed by atoms with Crippen LogP contribution in [0.1, 0.15) is 0 Å². The van der Waals surface area contributed by atoms with E-state index in [9.17, 15) is 0 Å². The molecule has 0 spiro atoms. The maximum absolute atomic E-state index is 5.25. The topological polar surface area (TPSA) is 14.1 Å². The fraction of sp³-hybridized carbons (Fsp3) is 0. The normalized spacial score (nSPS) is 12.2. The van der Waals surface area contributed by atoms with Crippen molar-refractivity contribution in [2.45, 2.75) is 0 Å². The van der Waals surface area contributed by atoms with Gasteiger partial charge in [0.15, 0.2) is 0 Å². The summed E-state index contributed by atoms with van der Waals surface area (Å²) in [5.74, 6) is 0. The number of benzene rings is 8. The summed E-state index contributed by atoms with van der Waals surface area (Å²) in [6, 6.07) is 39.7. The molecule has 0 unspecified atom stereocenters. The van der Waals surface area contributed by atoms with E-state index in [-0.39, 0.29) is 0 Å². The first-order valence-corrected chi connectivity index (χ1v) is 11.4. The minimum absolute atomic E-state index is 1.02. The van der Waals surface area contributed by atoms with Crippen molar-refractivity contribution >= 4 is 76.0 Å². The van der Waals surface area contributed by atoms with Crippen LogP contribution in [-0.4, -0.2) is 0 Å². The van der Waals surface area contributed by atoms with E-state index < -0.39 is 0 Å². The van der Waals surface area contributed by atoms with Gasteiger partial charge in [-0.1, -0.05) is 97.1 Å². The molecule has 0 atom stereocenters. The summed E-state index contributed by atoms with van der Waals surface area (Å²) in [5.41, 5.74) is 2.05. The quantitative estimate of drug-likeness (QED) is 0.250. The first-order chi connectivity index (χ1) is 16.3. The highest BCUT2D eigenvalue weighted by Crippen LogP contribution is 2.41. The van der Waals surface area contributed by atoms with Crippen LogP contribution in [0.3, 0.4) is 0 Å². The van der Waals surface area contributed by atoms with E-state index in [0.29, 0.717) is 0 Å². The Morgan fingerprint density at radius 3 is 1.06 bits per heavy atom. The van der Waals surface area contributed by atoms with Crippen LogP contribution in [0.5, 0.6) is 0 Å². The van der Waals surface area contributed by atoms with Gasteiger partial charge in [0.05, 0.1) is 11.4 Å². The van der Waals surface area contributed by atoms with E-state index in [2.05, 4.69) is 109 Å². The Labute approximate surface area is 190 Å². The van der Waals surface area contributed by atoms with E-state index in [0.717, 1.165) is 11.4 Å². The third kappa shape index (κ3) is 2.26. The second-order valence-electron chi connectivity index (χ2n) is 8.99. The van der Waals surface area contributed by atoms with Crippen molar-refractivity contribution < 1.29 is 0 Å². The Kier molecular flexibility index (Phi) is 3.19. The Bertz CT molecular complexity index is 1820. The molecule has 0 saturated heterocycles. The van der Waals surface area contributed by atoms with Gasteiger partial charge in [-0.05, 0) is 66.0 Å². The van der Waals surface area contributed by atoms with Crippen molar-refractivity contribution in [2.24, 2.45) is 0 Å². The number of nitrogens with zero attached hydrogens (tertiary/aromatic N) is 1.